The molecule has 1 aliphatic rings. The van der Waals surface area contributed by atoms with E-state index >= 15 is 0 Å². The Morgan fingerprint density at radius 1 is 1.23 bits per heavy atom. The summed E-state index contributed by atoms with van der Waals surface area (Å²) in [6.45, 7) is 1.84. The van der Waals surface area contributed by atoms with Gasteiger partial charge in [-0.25, -0.2) is 4.68 Å². The van der Waals surface area contributed by atoms with Crippen LogP contribution in [0.3, 0.4) is 0 Å². The van der Waals surface area contributed by atoms with Crippen molar-refractivity contribution in [3.05, 3.63) is 59.4 Å². The molecule has 134 valence electrons. The summed E-state index contributed by atoms with van der Waals surface area (Å²) in [7, 11) is 0. The van der Waals surface area contributed by atoms with Crippen LogP contribution in [0.15, 0.2) is 53.1 Å². The van der Waals surface area contributed by atoms with Gasteiger partial charge in [-0.1, -0.05) is 11.6 Å². The van der Waals surface area contributed by atoms with Crippen LogP contribution in [0.1, 0.15) is 23.3 Å². The zero-order chi connectivity index (χ0) is 17.9. The van der Waals surface area contributed by atoms with Gasteiger partial charge in [-0.2, -0.15) is 5.10 Å². The molecule has 4 rings (SSSR count). The maximum absolute atomic E-state index is 12.7. The number of aromatic nitrogens is 2. The number of carbonyl (C=O) groups is 1. The van der Waals surface area contributed by atoms with Crippen LogP contribution in [0.4, 0.5) is 0 Å². The molecule has 1 fully saturated rings. The second-order valence-corrected chi connectivity index (χ2v) is 6.71. The first-order chi connectivity index (χ1) is 12.7. The number of nitrogens with zero attached hydrogens (tertiary/aromatic N) is 2. The number of hydrogen-bond acceptors (Lipinski definition) is 4. The van der Waals surface area contributed by atoms with E-state index in [2.05, 4.69) is 15.7 Å². The van der Waals surface area contributed by atoms with Gasteiger partial charge in [0, 0.05) is 17.1 Å². The monoisotopic (exact) mass is 370 g/mol. The number of piperidine rings is 1. The van der Waals surface area contributed by atoms with Crippen LogP contribution >= 0.6 is 11.6 Å². The highest BCUT2D eigenvalue weighted by Gasteiger charge is 2.21. The van der Waals surface area contributed by atoms with Crippen LogP contribution in [0, 0.1) is 0 Å². The van der Waals surface area contributed by atoms with E-state index < -0.39 is 0 Å². The van der Waals surface area contributed by atoms with Crippen molar-refractivity contribution in [3.63, 3.8) is 0 Å². The van der Waals surface area contributed by atoms with E-state index in [0.29, 0.717) is 22.2 Å². The van der Waals surface area contributed by atoms with Crippen LogP contribution in [-0.4, -0.2) is 34.8 Å². The molecule has 26 heavy (non-hydrogen) atoms. The number of benzene rings is 1. The summed E-state index contributed by atoms with van der Waals surface area (Å²) in [6, 6.07) is 12.9. The van der Waals surface area contributed by atoms with E-state index in [1.165, 1.54) is 0 Å². The third kappa shape index (κ3) is 3.52. The Kier molecular flexibility index (Phi) is 4.77. The Labute approximate surface area is 156 Å². The molecule has 1 amide bonds. The smallest absolute Gasteiger partial charge is 0.272 e. The molecule has 0 aliphatic carbocycles. The molecule has 1 aliphatic heterocycles. The minimum Gasteiger partial charge on any atom is -0.463 e. The normalized spacial score (nSPS) is 15.1. The summed E-state index contributed by atoms with van der Waals surface area (Å²) >= 11 is 5.99. The van der Waals surface area contributed by atoms with Gasteiger partial charge in [0.25, 0.3) is 5.91 Å². The van der Waals surface area contributed by atoms with Crippen LogP contribution in [0.25, 0.3) is 17.1 Å². The van der Waals surface area contributed by atoms with Crippen molar-refractivity contribution in [2.45, 2.75) is 18.9 Å². The zero-order valence-corrected chi connectivity index (χ0v) is 14.9. The molecule has 0 saturated carbocycles. The van der Waals surface area contributed by atoms with Crippen LogP contribution in [0.2, 0.25) is 5.02 Å². The van der Waals surface area contributed by atoms with Crippen molar-refractivity contribution < 1.29 is 9.21 Å². The highest BCUT2D eigenvalue weighted by atomic mass is 35.5. The lowest BCUT2D eigenvalue weighted by atomic mass is 10.1. The minimum atomic E-state index is -0.169. The van der Waals surface area contributed by atoms with E-state index in [1.54, 1.807) is 29.1 Å². The summed E-state index contributed by atoms with van der Waals surface area (Å²) in [5, 5.41) is 11.5. The highest BCUT2D eigenvalue weighted by molar-refractivity contribution is 6.30. The molecule has 1 aromatic carbocycles. The first-order valence-electron chi connectivity index (χ1n) is 8.62. The Morgan fingerprint density at radius 2 is 2.00 bits per heavy atom. The fraction of sp³-hybridized carbons (Fsp3) is 0.263. The molecule has 7 heteroatoms. The molecule has 2 aromatic heterocycles. The molecule has 3 heterocycles. The topological polar surface area (TPSA) is 72.1 Å². The Bertz CT molecular complexity index is 881. The molecule has 1 saturated heterocycles. The van der Waals surface area contributed by atoms with Gasteiger partial charge in [0.15, 0.2) is 11.5 Å². The molecule has 0 unspecified atom stereocenters. The average molecular weight is 371 g/mol. The van der Waals surface area contributed by atoms with Crippen molar-refractivity contribution in [2.24, 2.45) is 0 Å². The van der Waals surface area contributed by atoms with Crippen LogP contribution in [0.5, 0.6) is 0 Å². The fourth-order valence-corrected chi connectivity index (χ4v) is 3.22. The summed E-state index contributed by atoms with van der Waals surface area (Å²) in [5.74, 6) is 0.478. The van der Waals surface area contributed by atoms with Crippen LogP contribution in [-0.2, 0) is 0 Å². The molecular formula is C19H19ClN4O2. The van der Waals surface area contributed by atoms with Gasteiger partial charge < -0.3 is 15.1 Å². The molecule has 0 radical (unpaired) electrons. The summed E-state index contributed by atoms with van der Waals surface area (Å²) in [4.78, 5) is 12.7. The van der Waals surface area contributed by atoms with Gasteiger partial charge in [0.05, 0.1) is 12.0 Å². The largest absolute Gasteiger partial charge is 0.463 e. The number of nitrogens with one attached hydrogen (secondary N) is 2. The van der Waals surface area contributed by atoms with Gasteiger partial charge in [0.1, 0.15) is 5.69 Å². The molecular weight excluding hydrogens is 352 g/mol. The maximum Gasteiger partial charge on any atom is 0.272 e. The second-order valence-electron chi connectivity index (χ2n) is 6.28. The number of rotatable bonds is 4. The maximum atomic E-state index is 12.7. The Balaban J connectivity index is 1.66. The lowest BCUT2D eigenvalue weighted by Gasteiger charge is -2.23. The van der Waals surface area contributed by atoms with Crippen molar-refractivity contribution in [2.75, 3.05) is 13.1 Å². The van der Waals surface area contributed by atoms with E-state index in [4.69, 9.17) is 16.0 Å². The third-order valence-corrected chi connectivity index (χ3v) is 4.71. The van der Waals surface area contributed by atoms with E-state index in [9.17, 15) is 4.79 Å². The van der Waals surface area contributed by atoms with Crippen molar-refractivity contribution >= 4 is 17.5 Å². The van der Waals surface area contributed by atoms with Crippen molar-refractivity contribution in [1.29, 1.82) is 0 Å². The number of carbonyl (C=O) groups excluding carboxylic acids is 1. The van der Waals surface area contributed by atoms with Crippen LogP contribution < -0.4 is 10.6 Å². The van der Waals surface area contributed by atoms with Gasteiger partial charge in [-0.15, -0.1) is 0 Å². The van der Waals surface area contributed by atoms with E-state index in [-0.39, 0.29) is 11.9 Å². The van der Waals surface area contributed by atoms with Gasteiger partial charge >= 0.3 is 0 Å². The van der Waals surface area contributed by atoms with Gasteiger partial charge in [0.2, 0.25) is 0 Å². The fourth-order valence-electron chi connectivity index (χ4n) is 3.10. The summed E-state index contributed by atoms with van der Waals surface area (Å²) in [5.41, 5.74) is 1.89. The molecule has 0 atom stereocenters. The molecule has 3 aromatic rings. The second kappa shape index (κ2) is 7.35. The van der Waals surface area contributed by atoms with E-state index in [0.717, 1.165) is 31.6 Å². The molecule has 0 spiro atoms. The average Bonchev–Trinajstić information content (AvgIpc) is 3.33. The lowest BCUT2D eigenvalue weighted by molar-refractivity contribution is 0.0924. The minimum absolute atomic E-state index is 0.169. The number of furan rings is 1. The number of amides is 1. The third-order valence-electron chi connectivity index (χ3n) is 4.46. The number of hydrogen-bond donors (Lipinski definition) is 2. The SMILES string of the molecule is O=C(NC1CCNCC1)c1cc(-c2ccco2)n(-c2ccc(Cl)cc2)n1. The van der Waals surface area contributed by atoms with E-state index in [1.807, 2.05) is 24.3 Å². The van der Waals surface area contributed by atoms with Gasteiger partial charge in [-0.05, 0) is 62.3 Å². The highest BCUT2D eigenvalue weighted by Crippen LogP contribution is 2.25. The lowest BCUT2D eigenvalue weighted by Crippen LogP contribution is -2.42. The Morgan fingerprint density at radius 3 is 2.69 bits per heavy atom. The first-order valence-corrected chi connectivity index (χ1v) is 9.00. The standard InChI is InChI=1S/C19H19ClN4O2/c20-13-3-5-15(6-4-13)24-17(18-2-1-11-26-18)12-16(23-24)19(25)22-14-7-9-21-10-8-14/h1-6,11-12,14,21H,7-10H2,(H,22,25). The van der Waals surface area contributed by atoms with Crippen molar-refractivity contribution in [1.82, 2.24) is 20.4 Å². The summed E-state index contributed by atoms with van der Waals surface area (Å²) in [6.07, 6.45) is 3.45. The Hall–Kier alpha value is -2.57. The quantitative estimate of drug-likeness (QED) is 0.739. The predicted molar refractivity (Wildman–Crippen MR) is 99.6 cm³/mol. The summed E-state index contributed by atoms with van der Waals surface area (Å²) < 4.78 is 7.22. The van der Waals surface area contributed by atoms with Gasteiger partial charge in [-0.3, -0.25) is 4.79 Å². The predicted octanol–water partition coefficient (Wildman–Crippen LogP) is 3.27. The van der Waals surface area contributed by atoms with Crippen molar-refractivity contribution in [3.8, 4) is 17.1 Å². The zero-order valence-electron chi connectivity index (χ0n) is 14.1. The molecule has 6 nitrogen and oxygen atoms in total. The molecule has 0 bridgehead atoms. The number of halogens is 1. The molecule has 2 N–H and O–H groups in total. The first kappa shape index (κ1) is 16.9.